The van der Waals surface area contributed by atoms with Crippen molar-refractivity contribution >= 4 is 24.1 Å². The topological polar surface area (TPSA) is 114 Å². The van der Waals surface area contributed by atoms with Gasteiger partial charge in [0.1, 0.15) is 23.8 Å². The monoisotopic (exact) mass is 358 g/mol. The summed E-state index contributed by atoms with van der Waals surface area (Å²) in [6.07, 6.45) is 4.23. The Morgan fingerprint density at radius 2 is 2.08 bits per heavy atom. The molecule has 26 heavy (non-hydrogen) atoms. The Morgan fingerprint density at radius 3 is 2.69 bits per heavy atom. The summed E-state index contributed by atoms with van der Waals surface area (Å²) < 4.78 is 26.7. The maximum Gasteiger partial charge on any atom is 0.149 e. The van der Waals surface area contributed by atoms with E-state index in [9.17, 15) is 8.78 Å². The number of aromatic amines is 1. The molecule has 0 amide bonds. The van der Waals surface area contributed by atoms with Crippen molar-refractivity contribution in [2.75, 3.05) is 5.32 Å². The molecule has 1 aromatic heterocycles. The third-order valence-corrected chi connectivity index (χ3v) is 3.87. The van der Waals surface area contributed by atoms with Gasteiger partial charge in [0.15, 0.2) is 0 Å². The van der Waals surface area contributed by atoms with Gasteiger partial charge in [-0.05, 0) is 36.3 Å². The van der Waals surface area contributed by atoms with Gasteiger partial charge in [-0.2, -0.15) is 0 Å². The van der Waals surface area contributed by atoms with Crippen molar-refractivity contribution < 1.29 is 8.78 Å². The summed E-state index contributed by atoms with van der Waals surface area (Å²) in [5.74, 6) is -1.34. The molecule has 0 aliphatic heterocycles. The summed E-state index contributed by atoms with van der Waals surface area (Å²) in [4.78, 5) is 6.84. The van der Waals surface area contributed by atoms with Crippen molar-refractivity contribution in [3.05, 3.63) is 65.1 Å². The third kappa shape index (κ3) is 4.41. The van der Waals surface area contributed by atoms with Gasteiger partial charge in [-0.15, -0.1) is 0 Å². The molecule has 1 aromatic carbocycles. The zero-order valence-corrected chi connectivity index (χ0v) is 14.2. The predicted molar refractivity (Wildman–Crippen MR) is 100 cm³/mol. The summed E-state index contributed by atoms with van der Waals surface area (Å²) in [5.41, 5.74) is 7.86. The number of nitrogens with two attached hydrogens (primary N) is 1. The van der Waals surface area contributed by atoms with E-state index in [2.05, 4.69) is 15.3 Å². The standard InChI is InChI=1S/C18H20F2N6/c1-2-13(15-5-6-17(26-15)18(23)25-10-22)11(8-21)9-24-16-4-3-12(19)7-14(16)20/h3-10,13,21,24,26H,2H2,1H3,(H3,22,23,25)/b11-9+,21-8?. The molecule has 0 spiro atoms. The average Bonchev–Trinajstić information content (AvgIpc) is 3.10. The molecular weight excluding hydrogens is 338 g/mol. The lowest BCUT2D eigenvalue weighted by atomic mass is 9.94. The summed E-state index contributed by atoms with van der Waals surface area (Å²) >= 11 is 0. The molecule has 1 heterocycles. The van der Waals surface area contributed by atoms with Gasteiger partial charge in [0.2, 0.25) is 0 Å². The number of hydrogen-bond donors (Lipinski definition) is 5. The first kappa shape index (κ1) is 19.0. The number of halogens is 2. The highest BCUT2D eigenvalue weighted by molar-refractivity contribution is 5.99. The van der Waals surface area contributed by atoms with Crippen LogP contribution in [-0.4, -0.2) is 23.4 Å². The van der Waals surface area contributed by atoms with E-state index in [4.69, 9.17) is 16.6 Å². The predicted octanol–water partition coefficient (Wildman–Crippen LogP) is 3.74. The zero-order valence-electron chi connectivity index (χ0n) is 14.2. The largest absolute Gasteiger partial charge is 0.382 e. The molecule has 0 saturated carbocycles. The maximum atomic E-state index is 13.7. The van der Waals surface area contributed by atoms with Crippen LogP contribution in [0.4, 0.5) is 14.5 Å². The molecule has 2 aromatic rings. The van der Waals surface area contributed by atoms with Crippen molar-refractivity contribution in [1.29, 1.82) is 10.8 Å². The SMILES string of the molecule is CCC(/C(C=N)=C/Nc1ccc(F)cc1F)c1ccc(/C(N)=N\C=N)[nH]1. The van der Waals surface area contributed by atoms with Gasteiger partial charge in [-0.1, -0.05) is 6.92 Å². The molecule has 0 radical (unpaired) electrons. The second-order valence-electron chi connectivity index (χ2n) is 5.49. The summed E-state index contributed by atoms with van der Waals surface area (Å²) in [7, 11) is 0. The molecular formula is C18H20F2N6. The molecule has 1 unspecified atom stereocenters. The zero-order chi connectivity index (χ0) is 19.1. The second-order valence-corrected chi connectivity index (χ2v) is 5.49. The first-order valence-electron chi connectivity index (χ1n) is 7.93. The highest BCUT2D eigenvalue weighted by Gasteiger charge is 2.16. The minimum absolute atomic E-state index is 0.120. The van der Waals surface area contributed by atoms with E-state index in [1.54, 1.807) is 6.07 Å². The first-order valence-corrected chi connectivity index (χ1v) is 7.93. The highest BCUT2D eigenvalue weighted by Crippen LogP contribution is 2.26. The summed E-state index contributed by atoms with van der Waals surface area (Å²) in [6.45, 7) is 1.95. The van der Waals surface area contributed by atoms with Crippen LogP contribution in [-0.2, 0) is 0 Å². The maximum absolute atomic E-state index is 13.7. The quantitative estimate of drug-likeness (QED) is 0.365. The van der Waals surface area contributed by atoms with E-state index < -0.39 is 11.6 Å². The van der Waals surface area contributed by atoms with Gasteiger partial charge < -0.3 is 21.4 Å². The van der Waals surface area contributed by atoms with Gasteiger partial charge >= 0.3 is 0 Å². The van der Waals surface area contributed by atoms with Crippen molar-refractivity contribution in [2.45, 2.75) is 19.3 Å². The Kier molecular flexibility index (Phi) is 6.37. The normalized spacial score (nSPS) is 13.3. The Morgan fingerprint density at radius 1 is 1.31 bits per heavy atom. The molecule has 8 heteroatoms. The lowest BCUT2D eigenvalue weighted by Crippen LogP contribution is -2.14. The van der Waals surface area contributed by atoms with Crippen LogP contribution >= 0.6 is 0 Å². The second kappa shape index (κ2) is 8.70. The van der Waals surface area contributed by atoms with Gasteiger partial charge in [-0.25, -0.2) is 13.8 Å². The van der Waals surface area contributed by atoms with Crippen LogP contribution in [0.25, 0.3) is 0 Å². The molecule has 0 saturated heterocycles. The minimum atomic E-state index is -0.712. The molecule has 0 aliphatic carbocycles. The third-order valence-electron chi connectivity index (χ3n) is 3.87. The smallest absolute Gasteiger partial charge is 0.149 e. The van der Waals surface area contributed by atoms with E-state index in [-0.39, 0.29) is 17.4 Å². The van der Waals surface area contributed by atoms with Crippen molar-refractivity contribution in [3.63, 3.8) is 0 Å². The number of allylic oxidation sites excluding steroid dienone is 1. The van der Waals surface area contributed by atoms with Crippen molar-refractivity contribution in [1.82, 2.24) is 4.98 Å². The lowest BCUT2D eigenvalue weighted by molar-refractivity contribution is 0.586. The van der Waals surface area contributed by atoms with Crippen LogP contribution < -0.4 is 11.1 Å². The first-order chi connectivity index (χ1) is 12.5. The lowest BCUT2D eigenvalue weighted by Gasteiger charge is -2.15. The van der Waals surface area contributed by atoms with Gasteiger partial charge in [-0.3, -0.25) is 5.41 Å². The minimum Gasteiger partial charge on any atom is -0.382 e. The number of anilines is 1. The fourth-order valence-electron chi connectivity index (χ4n) is 2.55. The molecule has 6 nitrogen and oxygen atoms in total. The van der Waals surface area contributed by atoms with Crippen LogP contribution in [0.15, 0.2) is 47.1 Å². The van der Waals surface area contributed by atoms with Crippen molar-refractivity contribution in [2.24, 2.45) is 10.7 Å². The fourth-order valence-corrected chi connectivity index (χ4v) is 2.55. The number of aliphatic imine (C=N–C) groups is 1. The van der Waals surface area contributed by atoms with Gasteiger partial charge in [0.05, 0.1) is 11.4 Å². The Bertz CT molecular complexity index is 853. The van der Waals surface area contributed by atoms with E-state index in [1.165, 1.54) is 18.5 Å². The van der Waals surface area contributed by atoms with Crippen LogP contribution in [0.1, 0.15) is 30.7 Å². The number of benzene rings is 1. The molecule has 6 N–H and O–H groups in total. The summed E-state index contributed by atoms with van der Waals surface area (Å²) in [6, 6.07) is 6.81. The molecule has 0 bridgehead atoms. The molecule has 1 atom stereocenters. The molecule has 136 valence electrons. The van der Waals surface area contributed by atoms with E-state index >= 15 is 0 Å². The van der Waals surface area contributed by atoms with Crippen molar-refractivity contribution in [3.8, 4) is 0 Å². The number of aromatic nitrogens is 1. The average molecular weight is 358 g/mol. The van der Waals surface area contributed by atoms with E-state index in [0.29, 0.717) is 17.7 Å². The molecule has 0 fully saturated rings. The molecule has 2 rings (SSSR count). The Labute approximate surface area is 149 Å². The number of amidine groups is 1. The molecule has 0 aliphatic rings. The van der Waals surface area contributed by atoms with Crippen LogP contribution in [0, 0.1) is 22.5 Å². The number of rotatable bonds is 8. The Balaban J connectivity index is 2.27. The highest BCUT2D eigenvalue weighted by atomic mass is 19.1. The van der Waals surface area contributed by atoms with E-state index in [1.807, 2.05) is 13.0 Å². The number of H-pyrrole nitrogens is 1. The van der Waals surface area contributed by atoms with Crippen LogP contribution in [0.5, 0.6) is 0 Å². The van der Waals surface area contributed by atoms with E-state index in [0.717, 1.165) is 24.2 Å². The van der Waals surface area contributed by atoms with Gasteiger partial charge in [0, 0.05) is 30.1 Å². The fraction of sp³-hybridized carbons (Fsp3) is 0.167. The number of hydrogen-bond acceptors (Lipinski definition) is 3. The van der Waals surface area contributed by atoms with Crippen LogP contribution in [0.3, 0.4) is 0 Å². The van der Waals surface area contributed by atoms with Gasteiger partial charge in [0.25, 0.3) is 0 Å². The Hall–Kier alpha value is -3.29. The number of nitrogens with one attached hydrogen (secondary N) is 4. The van der Waals surface area contributed by atoms with Crippen LogP contribution in [0.2, 0.25) is 0 Å². The summed E-state index contributed by atoms with van der Waals surface area (Å²) in [5, 5.41) is 17.4. The number of nitrogens with zero attached hydrogens (tertiary/aromatic N) is 1.